The Morgan fingerprint density at radius 2 is 2.06 bits per heavy atom. The highest BCUT2D eigenvalue weighted by Gasteiger charge is 2.28. The first-order valence-electron chi connectivity index (χ1n) is 4.94. The SMILES string of the molecule is FC(F)(F)COc1cncc(N2CCC2)c1. The summed E-state index contributed by atoms with van der Waals surface area (Å²) in [6.07, 6.45) is -0.297. The van der Waals surface area contributed by atoms with Crippen LogP contribution in [0.4, 0.5) is 18.9 Å². The molecule has 0 radical (unpaired) electrons. The zero-order valence-electron chi connectivity index (χ0n) is 8.50. The number of aromatic nitrogens is 1. The molecule has 0 aliphatic carbocycles. The first-order valence-corrected chi connectivity index (χ1v) is 4.94. The first kappa shape index (κ1) is 11.0. The van der Waals surface area contributed by atoms with Gasteiger partial charge in [0.25, 0.3) is 0 Å². The maximum absolute atomic E-state index is 11.9. The van der Waals surface area contributed by atoms with Crippen LogP contribution in [0.15, 0.2) is 18.5 Å². The highest BCUT2D eigenvalue weighted by Crippen LogP contribution is 2.24. The normalized spacial score (nSPS) is 15.8. The Bertz CT molecular complexity index is 363. The van der Waals surface area contributed by atoms with Crippen molar-refractivity contribution in [1.29, 1.82) is 0 Å². The highest BCUT2D eigenvalue weighted by atomic mass is 19.4. The molecule has 88 valence electrons. The number of ether oxygens (including phenoxy) is 1. The summed E-state index contributed by atoms with van der Waals surface area (Å²) in [5, 5.41) is 0. The lowest BCUT2D eigenvalue weighted by Gasteiger charge is -2.32. The summed E-state index contributed by atoms with van der Waals surface area (Å²) in [4.78, 5) is 5.89. The van der Waals surface area contributed by atoms with E-state index in [9.17, 15) is 13.2 Å². The van der Waals surface area contributed by atoms with E-state index < -0.39 is 12.8 Å². The summed E-state index contributed by atoms with van der Waals surface area (Å²) in [6.45, 7) is 0.562. The third kappa shape index (κ3) is 2.77. The van der Waals surface area contributed by atoms with Crippen LogP contribution in [-0.4, -0.2) is 30.9 Å². The van der Waals surface area contributed by atoms with E-state index in [0.717, 1.165) is 25.2 Å². The van der Waals surface area contributed by atoms with Gasteiger partial charge in [0.2, 0.25) is 0 Å². The van der Waals surface area contributed by atoms with Crippen molar-refractivity contribution in [3.05, 3.63) is 18.5 Å². The molecule has 6 heteroatoms. The molecule has 1 aliphatic heterocycles. The van der Waals surface area contributed by atoms with Crippen LogP contribution in [0.5, 0.6) is 5.75 Å². The zero-order valence-corrected chi connectivity index (χ0v) is 8.50. The molecule has 1 saturated heterocycles. The lowest BCUT2D eigenvalue weighted by atomic mass is 10.2. The van der Waals surface area contributed by atoms with E-state index in [1.54, 1.807) is 12.3 Å². The number of pyridine rings is 1. The minimum Gasteiger partial charge on any atom is -0.482 e. The van der Waals surface area contributed by atoms with Crippen molar-refractivity contribution < 1.29 is 17.9 Å². The van der Waals surface area contributed by atoms with Crippen LogP contribution in [0, 0.1) is 0 Å². The predicted octanol–water partition coefficient (Wildman–Crippen LogP) is 2.23. The van der Waals surface area contributed by atoms with Gasteiger partial charge in [-0.25, -0.2) is 0 Å². The molecule has 3 nitrogen and oxygen atoms in total. The van der Waals surface area contributed by atoms with Gasteiger partial charge in [-0.1, -0.05) is 0 Å². The van der Waals surface area contributed by atoms with Crippen LogP contribution in [0.2, 0.25) is 0 Å². The maximum Gasteiger partial charge on any atom is 0.422 e. The molecule has 0 amide bonds. The monoisotopic (exact) mass is 232 g/mol. The molecule has 0 aromatic carbocycles. The zero-order chi connectivity index (χ0) is 11.6. The van der Waals surface area contributed by atoms with E-state index >= 15 is 0 Å². The second kappa shape index (κ2) is 4.19. The third-order valence-corrected chi connectivity index (χ3v) is 2.32. The fraction of sp³-hybridized carbons (Fsp3) is 0.500. The van der Waals surface area contributed by atoms with Crippen LogP contribution < -0.4 is 9.64 Å². The third-order valence-electron chi connectivity index (χ3n) is 2.32. The van der Waals surface area contributed by atoms with Gasteiger partial charge in [-0.3, -0.25) is 4.98 Å². The number of hydrogen-bond donors (Lipinski definition) is 0. The molecule has 1 aliphatic rings. The minimum atomic E-state index is -4.31. The summed E-state index contributed by atoms with van der Waals surface area (Å²) >= 11 is 0. The van der Waals surface area contributed by atoms with E-state index in [1.807, 2.05) is 4.90 Å². The van der Waals surface area contributed by atoms with Gasteiger partial charge < -0.3 is 9.64 Å². The summed E-state index contributed by atoms with van der Waals surface area (Å²) in [6, 6.07) is 1.58. The molecular weight excluding hydrogens is 221 g/mol. The Balaban J connectivity index is 1.98. The van der Waals surface area contributed by atoms with Gasteiger partial charge in [-0.05, 0) is 6.42 Å². The van der Waals surface area contributed by atoms with E-state index in [4.69, 9.17) is 0 Å². The number of rotatable bonds is 3. The topological polar surface area (TPSA) is 25.4 Å². The summed E-state index contributed by atoms with van der Waals surface area (Å²) < 4.78 is 40.4. The lowest BCUT2D eigenvalue weighted by molar-refractivity contribution is -0.153. The number of anilines is 1. The minimum absolute atomic E-state index is 0.154. The van der Waals surface area contributed by atoms with Crippen molar-refractivity contribution in [3.8, 4) is 5.75 Å². The summed E-state index contributed by atoms with van der Waals surface area (Å²) in [5.41, 5.74) is 0.811. The van der Waals surface area contributed by atoms with Crippen LogP contribution >= 0.6 is 0 Å². The quantitative estimate of drug-likeness (QED) is 0.799. The molecule has 1 aromatic heterocycles. The molecule has 0 saturated carbocycles. The predicted molar refractivity (Wildman–Crippen MR) is 52.6 cm³/mol. The second-order valence-corrected chi connectivity index (χ2v) is 3.62. The van der Waals surface area contributed by atoms with Crippen LogP contribution in [0.25, 0.3) is 0 Å². The van der Waals surface area contributed by atoms with Gasteiger partial charge >= 0.3 is 6.18 Å². The van der Waals surface area contributed by atoms with Crippen molar-refractivity contribution in [2.75, 3.05) is 24.6 Å². The summed E-state index contributed by atoms with van der Waals surface area (Å²) in [7, 11) is 0. The lowest BCUT2D eigenvalue weighted by Crippen LogP contribution is -2.37. The van der Waals surface area contributed by atoms with E-state index in [-0.39, 0.29) is 5.75 Å². The molecule has 0 unspecified atom stereocenters. The van der Waals surface area contributed by atoms with Crippen LogP contribution in [-0.2, 0) is 0 Å². The molecule has 0 spiro atoms. The Kier molecular flexibility index (Phi) is 2.89. The van der Waals surface area contributed by atoms with Gasteiger partial charge in [0.05, 0.1) is 18.1 Å². The van der Waals surface area contributed by atoms with Gasteiger partial charge in [0.1, 0.15) is 5.75 Å². The van der Waals surface area contributed by atoms with Crippen molar-refractivity contribution in [2.24, 2.45) is 0 Å². The van der Waals surface area contributed by atoms with Gasteiger partial charge in [-0.15, -0.1) is 0 Å². The molecule has 1 fully saturated rings. The van der Waals surface area contributed by atoms with Crippen LogP contribution in [0.1, 0.15) is 6.42 Å². The average Bonchev–Trinajstić information content (AvgIpc) is 2.12. The second-order valence-electron chi connectivity index (χ2n) is 3.62. The molecule has 2 heterocycles. The number of halogens is 3. The van der Waals surface area contributed by atoms with Gasteiger partial charge in [0.15, 0.2) is 6.61 Å². The largest absolute Gasteiger partial charge is 0.482 e. The van der Waals surface area contributed by atoms with Gasteiger partial charge in [0, 0.05) is 19.2 Å². The Hall–Kier alpha value is -1.46. The van der Waals surface area contributed by atoms with Crippen molar-refractivity contribution in [2.45, 2.75) is 12.6 Å². The van der Waals surface area contributed by atoms with Crippen molar-refractivity contribution >= 4 is 5.69 Å². The molecule has 2 rings (SSSR count). The molecule has 0 atom stereocenters. The fourth-order valence-electron chi connectivity index (χ4n) is 1.40. The molecule has 1 aromatic rings. The van der Waals surface area contributed by atoms with E-state index in [2.05, 4.69) is 9.72 Å². The molecule has 0 bridgehead atoms. The van der Waals surface area contributed by atoms with Gasteiger partial charge in [-0.2, -0.15) is 13.2 Å². The van der Waals surface area contributed by atoms with E-state index in [1.165, 1.54) is 6.20 Å². The Morgan fingerprint density at radius 3 is 2.62 bits per heavy atom. The Labute approximate surface area is 90.8 Å². The fourth-order valence-corrected chi connectivity index (χ4v) is 1.40. The number of hydrogen-bond acceptors (Lipinski definition) is 3. The number of alkyl halides is 3. The van der Waals surface area contributed by atoms with Crippen molar-refractivity contribution in [3.63, 3.8) is 0 Å². The standard InChI is InChI=1S/C10H11F3N2O/c11-10(12,13)7-16-9-4-8(5-14-6-9)15-2-1-3-15/h4-6H,1-3,7H2. The van der Waals surface area contributed by atoms with Crippen LogP contribution in [0.3, 0.4) is 0 Å². The first-order chi connectivity index (χ1) is 7.54. The van der Waals surface area contributed by atoms with Crippen molar-refractivity contribution in [1.82, 2.24) is 4.98 Å². The molecular formula is C10H11F3N2O. The summed E-state index contributed by atoms with van der Waals surface area (Å²) in [5.74, 6) is 0.154. The number of nitrogens with zero attached hydrogens (tertiary/aromatic N) is 2. The molecule has 16 heavy (non-hydrogen) atoms. The maximum atomic E-state index is 11.9. The Morgan fingerprint density at radius 1 is 1.31 bits per heavy atom. The van der Waals surface area contributed by atoms with E-state index in [0.29, 0.717) is 0 Å². The molecule has 0 N–H and O–H groups in total. The highest BCUT2D eigenvalue weighted by molar-refractivity contribution is 5.49. The smallest absolute Gasteiger partial charge is 0.422 e. The average molecular weight is 232 g/mol.